The molecule has 1 N–H and O–H groups in total. The maximum atomic E-state index is 13.1. The lowest BCUT2D eigenvalue weighted by Crippen LogP contribution is -2.46. The van der Waals surface area contributed by atoms with Crippen LogP contribution in [0.5, 0.6) is 0 Å². The van der Waals surface area contributed by atoms with Crippen molar-refractivity contribution in [3.05, 3.63) is 86.6 Å². The van der Waals surface area contributed by atoms with Crippen LogP contribution in [0.1, 0.15) is 69.5 Å². The quantitative estimate of drug-likeness (QED) is 0.436. The summed E-state index contributed by atoms with van der Waals surface area (Å²) in [4.78, 5) is 17.7. The predicted octanol–water partition coefficient (Wildman–Crippen LogP) is 4.97. The van der Waals surface area contributed by atoms with Gasteiger partial charge in [0.1, 0.15) is 5.60 Å². The van der Waals surface area contributed by atoms with E-state index in [1.807, 2.05) is 30.3 Å². The van der Waals surface area contributed by atoms with Crippen LogP contribution < -0.4 is 5.32 Å². The van der Waals surface area contributed by atoms with Gasteiger partial charge in [-0.15, -0.1) is 11.3 Å². The van der Waals surface area contributed by atoms with Crippen molar-refractivity contribution in [2.24, 2.45) is 0 Å². The van der Waals surface area contributed by atoms with E-state index in [4.69, 9.17) is 10.00 Å². The van der Waals surface area contributed by atoms with Crippen LogP contribution in [0.25, 0.3) is 0 Å². The first-order chi connectivity index (χ1) is 18.7. The Balaban J connectivity index is 1.23. The van der Waals surface area contributed by atoms with Gasteiger partial charge in [-0.2, -0.15) is 5.26 Å². The number of sulfone groups is 1. The minimum Gasteiger partial charge on any atom is -0.369 e. The summed E-state index contributed by atoms with van der Waals surface area (Å²) in [6, 6.07) is 19.0. The number of carbonyl (C=O) groups excluding carboxylic acids is 1. The summed E-state index contributed by atoms with van der Waals surface area (Å²) < 4.78 is 30.5. The Morgan fingerprint density at radius 3 is 2.49 bits per heavy atom. The molecule has 1 amide bonds. The Morgan fingerprint density at radius 2 is 1.85 bits per heavy atom. The molecule has 1 saturated heterocycles. The number of fused-ring (bicyclic) bond motifs is 2. The van der Waals surface area contributed by atoms with Gasteiger partial charge in [0.05, 0.1) is 33.8 Å². The number of carbonyl (C=O) groups is 1. The van der Waals surface area contributed by atoms with E-state index in [1.165, 1.54) is 27.3 Å². The molecular weight excluding hydrogens is 530 g/mol. The molecular formula is C30H33N3O4S2. The Morgan fingerprint density at radius 1 is 1.15 bits per heavy atom. The smallest absolute Gasteiger partial charge is 0.261 e. The maximum absolute atomic E-state index is 13.1. The second kappa shape index (κ2) is 11.2. The van der Waals surface area contributed by atoms with Crippen LogP contribution in [0.3, 0.4) is 0 Å². The van der Waals surface area contributed by atoms with Gasteiger partial charge in [-0.1, -0.05) is 31.2 Å². The number of nitrogens with zero attached hydrogens (tertiary/aromatic N) is 2. The number of ether oxygens (including phenoxy) is 1. The highest BCUT2D eigenvalue weighted by molar-refractivity contribution is 7.91. The van der Waals surface area contributed by atoms with Crippen molar-refractivity contribution in [2.45, 2.75) is 56.2 Å². The van der Waals surface area contributed by atoms with Gasteiger partial charge in [0, 0.05) is 30.6 Å². The highest BCUT2D eigenvalue weighted by atomic mass is 32.2. The first-order valence-corrected chi connectivity index (χ1v) is 15.8. The van der Waals surface area contributed by atoms with Crippen molar-refractivity contribution in [1.82, 2.24) is 10.2 Å². The normalized spacial score (nSPS) is 17.8. The monoisotopic (exact) mass is 563 g/mol. The highest BCUT2D eigenvalue weighted by Crippen LogP contribution is 2.46. The summed E-state index contributed by atoms with van der Waals surface area (Å²) in [5, 5.41) is 12.1. The molecule has 1 fully saturated rings. The van der Waals surface area contributed by atoms with Crippen molar-refractivity contribution >= 4 is 27.1 Å². The fourth-order valence-corrected chi connectivity index (χ4v) is 7.69. The van der Waals surface area contributed by atoms with Crippen LogP contribution in [0.4, 0.5) is 0 Å². The van der Waals surface area contributed by atoms with Crippen molar-refractivity contribution in [1.29, 1.82) is 5.26 Å². The van der Waals surface area contributed by atoms with E-state index in [2.05, 4.69) is 23.2 Å². The molecule has 9 heteroatoms. The molecule has 0 saturated carbocycles. The van der Waals surface area contributed by atoms with Crippen LogP contribution >= 0.6 is 11.3 Å². The molecule has 2 aliphatic heterocycles. The van der Waals surface area contributed by atoms with Crippen molar-refractivity contribution < 1.29 is 17.9 Å². The van der Waals surface area contributed by atoms with Crippen LogP contribution in [0, 0.1) is 11.3 Å². The van der Waals surface area contributed by atoms with Gasteiger partial charge < -0.3 is 10.1 Å². The summed E-state index contributed by atoms with van der Waals surface area (Å²) in [6.45, 7) is 6.60. The number of benzene rings is 2. The molecule has 0 unspecified atom stereocenters. The molecule has 204 valence electrons. The average Bonchev–Trinajstić information content (AvgIpc) is 3.43. The van der Waals surface area contributed by atoms with Crippen LogP contribution in [-0.2, 0) is 33.1 Å². The molecule has 0 aliphatic carbocycles. The molecule has 7 nitrogen and oxygen atoms in total. The van der Waals surface area contributed by atoms with Crippen molar-refractivity contribution in [3.8, 4) is 6.07 Å². The molecule has 1 aromatic heterocycles. The maximum Gasteiger partial charge on any atom is 0.261 e. The lowest BCUT2D eigenvalue weighted by Gasteiger charge is -2.45. The van der Waals surface area contributed by atoms with Gasteiger partial charge in [-0.25, -0.2) is 8.42 Å². The van der Waals surface area contributed by atoms with E-state index in [0.717, 1.165) is 37.9 Å². The van der Waals surface area contributed by atoms with E-state index < -0.39 is 9.84 Å². The minimum atomic E-state index is -3.24. The minimum absolute atomic E-state index is 0.0610. The lowest BCUT2D eigenvalue weighted by molar-refractivity contribution is -0.0994. The molecule has 2 aliphatic rings. The van der Waals surface area contributed by atoms with Gasteiger partial charge >= 0.3 is 0 Å². The van der Waals surface area contributed by atoms with Gasteiger partial charge in [-0.3, -0.25) is 9.69 Å². The number of nitrogens with one attached hydrogen (secondary N) is 1. The number of piperidine rings is 1. The number of hydrogen-bond donors (Lipinski definition) is 1. The van der Waals surface area contributed by atoms with Crippen LogP contribution in [0.15, 0.2) is 59.5 Å². The lowest BCUT2D eigenvalue weighted by atomic mass is 9.84. The Kier molecular flexibility index (Phi) is 7.92. The molecule has 5 rings (SSSR count). The first-order valence-electron chi connectivity index (χ1n) is 13.4. The number of hydrogen-bond acceptors (Lipinski definition) is 7. The number of thiophene rings is 1. The van der Waals surface area contributed by atoms with E-state index in [0.29, 0.717) is 28.5 Å². The van der Waals surface area contributed by atoms with Crippen molar-refractivity contribution in [2.75, 3.05) is 25.4 Å². The zero-order valence-corrected chi connectivity index (χ0v) is 23.9. The van der Waals surface area contributed by atoms with Gasteiger partial charge in [0.15, 0.2) is 9.84 Å². The SMILES string of the molecule is CCS(=O)(=O)c1ccc(CNC(=O)c2cc3c(s2)C2(CCN([C@@H](C)c4ccc(C#N)cc4)CC2)OCC3)cc1. The molecule has 3 heterocycles. The fourth-order valence-electron chi connectivity index (χ4n) is 5.48. The molecule has 1 atom stereocenters. The zero-order valence-electron chi connectivity index (χ0n) is 22.3. The van der Waals surface area contributed by atoms with Gasteiger partial charge in [0.2, 0.25) is 0 Å². The third kappa shape index (κ3) is 5.66. The molecule has 0 radical (unpaired) electrons. The average molecular weight is 564 g/mol. The molecule has 2 aromatic carbocycles. The first kappa shape index (κ1) is 27.5. The second-order valence-corrected chi connectivity index (χ2v) is 13.6. The Labute approximate surface area is 234 Å². The number of amides is 1. The van der Waals surface area contributed by atoms with E-state index in [-0.39, 0.29) is 23.3 Å². The summed E-state index contributed by atoms with van der Waals surface area (Å²) in [7, 11) is -3.24. The number of rotatable bonds is 7. The Hall–Kier alpha value is -3.03. The zero-order chi connectivity index (χ0) is 27.6. The van der Waals surface area contributed by atoms with E-state index in [1.54, 1.807) is 31.2 Å². The summed E-state index contributed by atoms with van der Waals surface area (Å²) in [6.07, 6.45) is 2.55. The summed E-state index contributed by atoms with van der Waals surface area (Å²) >= 11 is 1.54. The largest absolute Gasteiger partial charge is 0.369 e. The van der Waals surface area contributed by atoms with Crippen LogP contribution in [0.2, 0.25) is 0 Å². The molecule has 39 heavy (non-hydrogen) atoms. The van der Waals surface area contributed by atoms with E-state index in [9.17, 15) is 13.2 Å². The molecule has 0 bridgehead atoms. The number of likely N-dealkylation sites (tertiary alicyclic amines) is 1. The third-order valence-corrected chi connectivity index (χ3v) is 11.1. The topological polar surface area (TPSA) is 99.5 Å². The summed E-state index contributed by atoms with van der Waals surface area (Å²) in [5.74, 6) is -0.0624. The van der Waals surface area contributed by atoms with Crippen LogP contribution in [-0.4, -0.2) is 44.7 Å². The van der Waals surface area contributed by atoms with Crippen molar-refractivity contribution in [3.63, 3.8) is 0 Å². The van der Waals surface area contributed by atoms with E-state index >= 15 is 0 Å². The fraction of sp³-hybridized carbons (Fsp3) is 0.400. The third-order valence-electron chi connectivity index (χ3n) is 7.99. The number of nitriles is 1. The summed E-state index contributed by atoms with van der Waals surface area (Å²) in [5.41, 5.74) is 3.58. The second-order valence-electron chi connectivity index (χ2n) is 10.2. The standard InChI is InChI=1S/C30H33N3O4S2/c1-3-39(35,36)26-10-6-23(7-11-26)20-32-29(34)27-18-25-12-17-37-30(28(25)38-27)13-15-33(16-14-30)21(2)24-8-4-22(19-31)5-9-24/h4-11,18,21H,3,12-17,20H2,1-2H3,(H,32,34)/t21-/m0/s1. The molecule has 3 aromatic rings. The highest BCUT2D eigenvalue weighted by Gasteiger charge is 2.43. The molecule has 1 spiro atoms. The van der Waals surface area contributed by atoms with Gasteiger partial charge in [0.25, 0.3) is 5.91 Å². The Bertz CT molecular complexity index is 1480. The van der Waals surface area contributed by atoms with Gasteiger partial charge in [-0.05, 0) is 73.2 Å². The predicted molar refractivity (Wildman–Crippen MR) is 151 cm³/mol.